The number of hydrogen-bond acceptors (Lipinski definition) is 5. The quantitative estimate of drug-likeness (QED) is 0.169. The second-order valence-corrected chi connectivity index (χ2v) is 8.56. The Hall–Kier alpha value is -5.10. The van der Waals surface area contributed by atoms with Gasteiger partial charge in [0.25, 0.3) is 0 Å². The fraction of sp³-hybridized carbons (Fsp3) is 0.0323. The number of fused-ring (bicyclic) bond motifs is 2. The van der Waals surface area contributed by atoms with E-state index in [-0.39, 0.29) is 29.1 Å². The van der Waals surface area contributed by atoms with Gasteiger partial charge in [-0.15, -0.1) is 0 Å². The second-order valence-electron chi connectivity index (χ2n) is 8.56. The summed E-state index contributed by atoms with van der Waals surface area (Å²) in [6, 6.07) is 27.1. The maximum Gasteiger partial charge on any atom is 0.338 e. The predicted octanol–water partition coefficient (Wildman–Crippen LogP) is 6.09. The minimum Gasteiger partial charge on any atom is -0.478 e. The van der Waals surface area contributed by atoms with Crippen molar-refractivity contribution in [2.24, 2.45) is 0 Å². The molecule has 0 aliphatic heterocycles. The van der Waals surface area contributed by atoms with E-state index in [1.807, 2.05) is 30.3 Å². The van der Waals surface area contributed by atoms with E-state index in [0.29, 0.717) is 39.0 Å². The molecular formula is C31H20O6. The van der Waals surface area contributed by atoms with Gasteiger partial charge in [0.2, 0.25) is 0 Å². The lowest BCUT2D eigenvalue weighted by atomic mass is 9.91. The molecule has 0 radical (unpaired) electrons. The summed E-state index contributed by atoms with van der Waals surface area (Å²) in [6.07, 6.45) is 0.634. The zero-order valence-corrected chi connectivity index (χ0v) is 19.5. The molecule has 6 nitrogen and oxygen atoms in total. The lowest BCUT2D eigenvalue weighted by molar-refractivity contribution is 0.0472. The van der Waals surface area contributed by atoms with Gasteiger partial charge in [-0.25, -0.2) is 9.59 Å². The van der Waals surface area contributed by atoms with Crippen molar-refractivity contribution in [3.63, 3.8) is 0 Å². The van der Waals surface area contributed by atoms with E-state index < -0.39 is 11.9 Å². The molecule has 5 aromatic carbocycles. The molecule has 6 heteroatoms. The molecular weight excluding hydrogens is 468 g/mol. The van der Waals surface area contributed by atoms with Crippen molar-refractivity contribution in [3.05, 3.63) is 130 Å². The van der Waals surface area contributed by atoms with Crippen LogP contribution in [0.1, 0.15) is 52.6 Å². The van der Waals surface area contributed by atoms with Crippen LogP contribution in [0.4, 0.5) is 0 Å². The monoisotopic (exact) mass is 488 g/mol. The summed E-state index contributed by atoms with van der Waals surface area (Å²) in [4.78, 5) is 49.3. The van der Waals surface area contributed by atoms with Gasteiger partial charge in [0.1, 0.15) is 6.61 Å². The van der Waals surface area contributed by atoms with E-state index in [2.05, 4.69) is 0 Å². The van der Waals surface area contributed by atoms with Crippen LogP contribution in [-0.2, 0) is 11.3 Å². The molecule has 0 fully saturated rings. The summed E-state index contributed by atoms with van der Waals surface area (Å²) >= 11 is 0. The lowest BCUT2D eigenvalue weighted by Crippen LogP contribution is -2.08. The van der Waals surface area contributed by atoms with Crippen molar-refractivity contribution in [3.8, 4) is 0 Å². The number of hydrogen-bond donors (Lipinski definition) is 1. The largest absolute Gasteiger partial charge is 0.478 e. The van der Waals surface area contributed by atoms with Crippen LogP contribution in [-0.4, -0.2) is 29.1 Å². The summed E-state index contributed by atoms with van der Waals surface area (Å²) in [5.74, 6) is -1.87. The van der Waals surface area contributed by atoms with E-state index >= 15 is 0 Å². The molecule has 37 heavy (non-hydrogen) atoms. The lowest BCUT2D eigenvalue weighted by Gasteiger charge is -2.11. The van der Waals surface area contributed by atoms with Gasteiger partial charge in [0.05, 0.1) is 11.1 Å². The van der Waals surface area contributed by atoms with Gasteiger partial charge in [-0.05, 0) is 57.4 Å². The molecule has 0 saturated carbocycles. The van der Waals surface area contributed by atoms with Crippen molar-refractivity contribution < 1.29 is 29.0 Å². The van der Waals surface area contributed by atoms with Gasteiger partial charge >= 0.3 is 11.9 Å². The number of rotatable bonds is 7. The van der Waals surface area contributed by atoms with Crippen LogP contribution in [0.25, 0.3) is 21.5 Å². The number of ketones is 1. The topological polar surface area (TPSA) is 97.7 Å². The normalized spacial score (nSPS) is 10.8. The van der Waals surface area contributed by atoms with Crippen LogP contribution >= 0.6 is 0 Å². The molecule has 0 saturated heterocycles. The standard InChI is InChI=1S/C31H20O6/c32-17-26-11-8-22-16-25(31(36)37-18-19-4-2-1-3-5-19)12-13-27(22)28(26)29(33)23-9-6-21-15-24(30(34)35)10-7-20(21)14-23/h1-17H,18H2,(H,34,35). The smallest absolute Gasteiger partial charge is 0.338 e. The predicted molar refractivity (Wildman–Crippen MR) is 139 cm³/mol. The summed E-state index contributed by atoms with van der Waals surface area (Å²) in [7, 11) is 0. The first kappa shape index (κ1) is 23.6. The Bertz CT molecular complexity index is 1700. The summed E-state index contributed by atoms with van der Waals surface area (Å²) in [5, 5.41) is 11.8. The van der Waals surface area contributed by atoms with Crippen molar-refractivity contribution in [2.75, 3.05) is 0 Å². The molecule has 5 rings (SSSR count). The van der Waals surface area contributed by atoms with Gasteiger partial charge in [0, 0.05) is 16.7 Å². The van der Waals surface area contributed by atoms with Crippen LogP contribution in [0.3, 0.4) is 0 Å². The fourth-order valence-corrected chi connectivity index (χ4v) is 4.30. The third-order valence-corrected chi connectivity index (χ3v) is 6.20. The van der Waals surface area contributed by atoms with Crippen LogP contribution in [0.5, 0.6) is 0 Å². The van der Waals surface area contributed by atoms with Crippen molar-refractivity contribution >= 4 is 45.6 Å². The van der Waals surface area contributed by atoms with E-state index in [9.17, 15) is 24.3 Å². The number of carboxylic acid groups (broad SMARTS) is 1. The minimum absolute atomic E-state index is 0.140. The number of ether oxygens (including phenoxy) is 1. The molecule has 5 aromatic rings. The van der Waals surface area contributed by atoms with Gasteiger partial charge in [0.15, 0.2) is 12.1 Å². The number of esters is 1. The number of benzene rings is 5. The third-order valence-electron chi connectivity index (χ3n) is 6.20. The Balaban J connectivity index is 1.49. The van der Waals surface area contributed by atoms with Crippen molar-refractivity contribution in [2.45, 2.75) is 6.61 Å². The fourth-order valence-electron chi connectivity index (χ4n) is 4.30. The molecule has 180 valence electrons. The van der Waals surface area contributed by atoms with E-state index in [4.69, 9.17) is 4.74 Å². The Morgan fingerprint density at radius 2 is 1.32 bits per heavy atom. The summed E-state index contributed by atoms with van der Waals surface area (Å²) < 4.78 is 5.42. The van der Waals surface area contributed by atoms with Crippen molar-refractivity contribution in [1.82, 2.24) is 0 Å². The molecule has 0 aliphatic rings. The Morgan fingerprint density at radius 1 is 0.703 bits per heavy atom. The number of carboxylic acids is 1. The Labute approximate surface area is 211 Å². The molecule has 0 atom stereocenters. The molecule has 0 heterocycles. The first-order valence-electron chi connectivity index (χ1n) is 11.5. The highest BCUT2D eigenvalue weighted by atomic mass is 16.5. The average molecular weight is 488 g/mol. The van der Waals surface area contributed by atoms with Crippen LogP contribution in [0, 0.1) is 0 Å². The summed E-state index contributed by atoms with van der Waals surface area (Å²) in [5.41, 5.74) is 2.19. The second kappa shape index (κ2) is 9.87. The van der Waals surface area contributed by atoms with Crippen molar-refractivity contribution in [1.29, 1.82) is 0 Å². The maximum atomic E-state index is 13.6. The zero-order chi connectivity index (χ0) is 25.9. The molecule has 0 aromatic heterocycles. The zero-order valence-electron chi connectivity index (χ0n) is 19.5. The molecule has 0 aliphatic carbocycles. The average Bonchev–Trinajstić information content (AvgIpc) is 2.94. The third kappa shape index (κ3) is 4.73. The van der Waals surface area contributed by atoms with Gasteiger partial charge in [-0.2, -0.15) is 0 Å². The van der Waals surface area contributed by atoms with Gasteiger partial charge in [-0.1, -0.05) is 66.7 Å². The highest BCUT2D eigenvalue weighted by Gasteiger charge is 2.19. The highest BCUT2D eigenvalue weighted by Crippen LogP contribution is 2.28. The molecule has 1 N–H and O–H groups in total. The molecule has 0 spiro atoms. The SMILES string of the molecule is O=Cc1ccc2cc(C(=O)OCc3ccccc3)ccc2c1C(=O)c1ccc2cc(C(=O)O)ccc2c1. The summed E-state index contributed by atoms with van der Waals surface area (Å²) in [6.45, 7) is 0.140. The van der Waals surface area contributed by atoms with Gasteiger partial charge in [-0.3, -0.25) is 9.59 Å². The molecule has 0 bridgehead atoms. The molecule has 0 unspecified atom stereocenters. The van der Waals surface area contributed by atoms with Gasteiger partial charge < -0.3 is 9.84 Å². The first-order valence-corrected chi connectivity index (χ1v) is 11.5. The van der Waals surface area contributed by atoms with E-state index in [1.54, 1.807) is 60.7 Å². The number of carbonyl (C=O) groups excluding carboxylic acids is 3. The highest BCUT2D eigenvalue weighted by molar-refractivity contribution is 6.21. The molecule has 0 amide bonds. The number of aldehydes is 1. The number of aromatic carboxylic acids is 1. The number of carbonyl (C=O) groups is 4. The van der Waals surface area contributed by atoms with E-state index in [0.717, 1.165) is 5.56 Å². The van der Waals surface area contributed by atoms with E-state index in [1.165, 1.54) is 6.07 Å². The maximum absolute atomic E-state index is 13.6. The van der Waals surface area contributed by atoms with Crippen LogP contribution < -0.4 is 0 Å². The van der Waals surface area contributed by atoms with Crippen LogP contribution in [0.2, 0.25) is 0 Å². The Morgan fingerprint density at radius 3 is 2.03 bits per heavy atom. The minimum atomic E-state index is -1.03. The first-order chi connectivity index (χ1) is 17.9. The van der Waals surface area contributed by atoms with Crippen LogP contribution in [0.15, 0.2) is 97.1 Å². The Kier molecular flexibility index (Phi) is 6.31.